The molecule has 8 nitrogen and oxygen atoms in total. The second kappa shape index (κ2) is 6.89. The maximum atomic E-state index is 12.4. The van der Waals surface area contributed by atoms with Crippen molar-refractivity contribution in [2.45, 2.75) is 0 Å². The Morgan fingerprint density at radius 3 is 2.32 bits per heavy atom. The number of halogens is 1. The lowest BCUT2D eigenvalue weighted by molar-refractivity contribution is 0.101. The number of amides is 2. The molecule has 0 fully saturated rings. The number of hydrogen-bond donors (Lipinski definition) is 2. The van der Waals surface area contributed by atoms with E-state index in [1.807, 2.05) is 0 Å². The van der Waals surface area contributed by atoms with Gasteiger partial charge in [-0.15, -0.1) is 0 Å². The van der Waals surface area contributed by atoms with Crippen molar-refractivity contribution in [3.63, 3.8) is 0 Å². The van der Waals surface area contributed by atoms with Gasteiger partial charge in [-0.1, -0.05) is 6.07 Å². The van der Waals surface area contributed by atoms with Crippen LogP contribution in [0.2, 0.25) is 0 Å². The molecule has 0 atom stereocenters. The number of aryl methyl sites for hydroxylation is 2. The van der Waals surface area contributed by atoms with Gasteiger partial charge in [-0.25, -0.2) is 0 Å². The lowest BCUT2D eigenvalue weighted by Crippen LogP contribution is -2.17. The SMILES string of the molecule is Cn1ccc(C(=O)Nc2cccc(NC(=O)c3c(Br)cnn3C)c2)n1. The topological polar surface area (TPSA) is 93.8 Å². The molecule has 9 heteroatoms. The van der Waals surface area contributed by atoms with Gasteiger partial charge in [0.1, 0.15) is 5.69 Å². The standard InChI is InChI=1S/C16H15BrN6O2/c1-22-7-6-13(21-22)15(24)19-10-4-3-5-11(8-10)20-16(25)14-12(17)9-18-23(14)2/h3-9H,1-2H3,(H,19,24)(H,20,25). The number of carbonyl (C=O) groups is 2. The van der Waals surface area contributed by atoms with Gasteiger partial charge in [-0.05, 0) is 40.2 Å². The first-order valence-electron chi connectivity index (χ1n) is 7.34. The Kier molecular flexibility index (Phi) is 4.66. The second-order valence-corrected chi connectivity index (χ2v) is 6.18. The minimum atomic E-state index is -0.321. The van der Waals surface area contributed by atoms with Gasteiger partial charge in [0.2, 0.25) is 0 Å². The summed E-state index contributed by atoms with van der Waals surface area (Å²) in [7, 11) is 3.42. The molecular formula is C16H15BrN6O2. The summed E-state index contributed by atoms with van der Waals surface area (Å²) in [6.07, 6.45) is 3.25. The van der Waals surface area contributed by atoms with E-state index in [1.54, 1.807) is 61.5 Å². The molecule has 0 aliphatic rings. The number of nitrogens with zero attached hydrogens (tertiary/aromatic N) is 4. The Morgan fingerprint density at radius 1 is 1.08 bits per heavy atom. The number of anilines is 2. The normalized spacial score (nSPS) is 10.5. The van der Waals surface area contributed by atoms with Crippen LogP contribution in [0, 0.1) is 0 Å². The summed E-state index contributed by atoms with van der Waals surface area (Å²) in [4.78, 5) is 24.5. The summed E-state index contributed by atoms with van der Waals surface area (Å²) in [5.74, 6) is -0.626. The van der Waals surface area contributed by atoms with E-state index in [-0.39, 0.29) is 11.8 Å². The predicted octanol–water partition coefficient (Wildman–Crippen LogP) is 2.42. The van der Waals surface area contributed by atoms with E-state index in [9.17, 15) is 9.59 Å². The third-order valence-corrected chi connectivity index (χ3v) is 4.01. The Balaban J connectivity index is 1.73. The van der Waals surface area contributed by atoms with Crippen molar-refractivity contribution < 1.29 is 9.59 Å². The first-order valence-corrected chi connectivity index (χ1v) is 8.13. The van der Waals surface area contributed by atoms with Crippen molar-refractivity contribution in [3.05, 3.63) is 58.6 Å². The van der Waals surface area contributed by atoms with E-state index >= 15 is 0 Å². The highest BCUT2D eigenvalue weighted by Gasteiger charge is 2.16. The minimum absolute atomic E-state index is 0.305. The highest BCUT2D eigenvalue weighted by Crippen LogP contribution is 2.19. The zero-order valence-electron chi connectivity index (χ0n) is 13.5. The predicted molar refractivity (Wildman–Crippen MR) is 96.5 cm³/mol. The number of carbonyl (C=O) groups excluding carboxylic acids is 2. The Bertz CT molecular complexity index is 926. The molecule has 0 unspecified atom stereocenters. The summed E-state index contributed by atoms with van der Waals surface area (Å²) in [6, 6.07) is 8.50. The van der Waals surface area contributed by atoms with Crippen LogP contribution in [-0.2, 0) is 14.1 Å². The summed E-state index contributed by atoms with van der Waals surface area (Å²) >= 11 is 3.30. The highest BCUT2D eigenvalue weighted by atomic mass is 79.9. The molecule has 3 rings (SSSR count). The molecule has 0 saturated carbocycles. The third kappa shape index (κ3) is 3.77. The van der Waals surface area contributed by atoms with Gasteiger partial charge in [-0.2, -0.15) is 10.2 Å². The van der Waals surface area contributed by atoms with Crippen LogP contribution >= 0.6 is 15.9 Å². The van der Waals surface area contributed by atoms with Crippen LogP contribution in [0.5, 0.6) is 0 Å². The number of hydrogen-bond acceptors (Lipinski definition) is 4. The molecule has 25 heavy (non-hydrogen) atoms. The lowest BCUT2D eigenvalue weighted by atomic mass is 10.2. The molecule has 0 bridgehead atoms. The third-order valence-electron chi connectivity index (χ3n) is 3.43. The molecule has 0 saturated heterocycles. The summed E-state index contributed by atoms with van der Waals surface area (Å²) in [5.41, 5.74) is 1.83. The molecule has 0 radical (unpaired) electrons. The average Bonchev–Trinajstić information content (AvgIpc) is 3.13. The van der Waals surface area contributed by atoms with Crippen molar-refractivity contribution in [2.75, 3.05) is 10.6 Å². The highest BCUT2D eigenvalue weighted by molar-refractivity contribution is 9.10. The lowest BCUT2D eigenvalue weighted by Gasteiger charge is -2.09. The van der Waals surface area contributed by atoms with E-state index in [4.69, 9.17) is 0 Å². The summed E-state index contributed by atoms with van der Waals surface area (Å²) in [6.45, 7) is 0. The quantitative estimate of drug-likeness (QED) is 0.700. The fourth-order valence-electron chi connectivity index (χ4n) is 2.26. The van der Waals surface area contributed by atoms with Crippen LogP contribution in [0.15, 0.2) is 47.2 Å². The monoisotopic (exact) mass is 402 g/mol. The zero-order chi connectivity index (χ0) is 18.0. The molecular weight excluding hydrogens is 388 g/mol. The maximum Gasteiger partial charge on any atom is 0.276 e. The molecule has 2 heterocycles. The van der Waals surface area contributed by atoms with Gasteiger partial charge in [0.15, 0.2) is 5.69 Å². The van der Waals surface area contributed by atoms with E-state index in [1.165, 1.54) is 4.68 Å². The van der Waals surface area contributed by atoms with Crippen molar-refractivity contribution in [3.8, 4) is 0 Å². The fraction of sp³-hybridized carbons (Fsp3) is 0.125. The molecule has 0 spiro atoms. The average molecular weight is 403 g/mol. The smallest absolute Gasteiger partial charge is 0.276 e. The second-order valence-electron chi connectivity index (χ2n) is 5.33. The van der Waals surface area contributed by atoms with E-state index in [2.05, 4.69) is 36.8 Å². The first kappa shape index (κ1) is 16.9. The van der Waals surface area contributed by atoms with Gasteiger partial charge < -0.3 is 10.6 Å². The van der Waals surface area contributed by atoms with Gasteiger partial charge >= 0.3 is 0 Å². The summed E-state index contributed by atoms with van der Waals surface area (Å²) < 4.78 is 3.63. The van der Waals surface area contributed by atoms with Crippen LogP contribution in [0.4, 0.5) is 11.4 Å². The van der Waals surface area contributed by atoms with Crippen molar-refractivity contribution in [1.29, 1.82) is 0 Å². The van der Waals surface area contributed by atoms with Gasteiger partial charge in [0.25, 0.3) is 11.8 Å². The van der Waals surface area contributed by atoms with Crippen LogP contribution in [0.3, 0.4) is 0 Å². The van der Waals surface area contributed by atoms with Crippen molar-refractivity contribution in [2.24, 2.45) is 14.1 Å². The molecule has 3 aromatic rings. The molecule has 2 amide bonds. The molecule has 2 aromatic heterocycles. The fourth-order valence-corrected chi connectivity index (χ4v) is 2.79. The zero-order valence-corrected chi connectivity index (χ0v) is 15.1. The van der Waals surface area contributed by atoms with E-state index < -0.39 is 0 Å². The largest absolute Gasteiger partial charge is 0.321 e. The Labute approximate surface area is 152 Å². The van der Waals surface area contributed by atoms with Crippen LogP contribution in [-0.4, -0.2) is 31.4 Å². The Morgan fingerprint density at radius 2 is 1.76 bits per heavy atom. The summed E-state index contributed by atoms with van der Waals surface area (Å²) in [5, 5.41) is 13.6. The molecule has 1 aromatic carbocycles. The van der Waals surface area contributed by atoms with Gasteiger partial charge in [-0.3, -0.25) is 19.0 Å². The molecule has 0 aliphatic carbocycles. The maximum absolute atomic E-state index is 12.4. The first-order chi connectivity index (χ1) is 11.9. The number of rotatable bonds is 4. The van der Waals surface area contributed by atoms with Crippen LogP contribution in [0.25, 0.3) is 0 Å². The minimum Gasteiger partial charge on any atom is -0.321 e. The van der Waals surface area contributed by atoms with Crippen molar-refractivity contribution in [1.82, 2.24) is 19.6 Å². The van der Waals surface area contributed by atoms with Crippen molar-refractivity contribution >= 4 is 39.1 Å². The van der Waals surface area contributed by atoms with E-state index in [0.717, 1.165) is 0 Å². The van der Waals surface area contributed by atoms with Gasteiger partial charge in [0.05, 0.1) is 10.7 Å². The van der Waals surface area contributed by atoms with Gasteiger partial charge in [0, 0.05) is 31.7 Å². The number of benzene rings is 1. The molecule has 2 N–H and O–H groups in total. The van der Waals surface area contributed by atoms with Crippen LogP contribution < -0.4 is 10.6 Å². The van der Waals surface area contributed by atoms with Crippen LogP contribution in [0.1, 0.15) is 21.0 Å². The molecule has 0 aliphatic heterocycles. The Hall–Kier alpha value is -2.94. The van der Waals surface area contributed by atoms with E-state index in [0.29, 0.717) is 27.2 Å². The number of aromatic nitrogens is 4. The molecule has 128 valence electrons. The number of nitrogens with one attached hydrogen (secondary N) is 2.